The zero-order valence-electron chi connectivity index (χ0n) is 9.19. The SMILES string of the molecule is N#Cc1cc(F)cc(N2CC(CN)CC2=O)c1. The summed E-state index contributed by atoms with van der Waals surface area (Å²) in [7, 11) is 0. The van der Waals surface area contributed by atoms with E-state index >= 15 is 0 Å². The van der Waals surface area contributed by atoms with Crippen LogP contribution in [0, 0.1) is 23.1 Å². The minimum Gasteiger partial charge on any atom is -0.330 e. The number of nitrogens with zero attached hydrogens (tertiary/aromatic N) is 2. The van der Waals surface area contributed by atoms with Crippen LogP contribution in [0.5, 0.6) is 0 Å². The fourth-order valence-electron chi connectivity index (χ4n) is 1.98. The number of rotatable bonds is 2. The van der Waals surface area contributed by atoms with Gasteiger partial charge < -0.3 is 10.6 Å². The molecule has 1 saturated heterocycles. The molecule has 2 rings (SSSR count). The molecule has 1 aliphatic heterocycles. The maximum absolute atomic E-state index is 13.3. The van der Waals surface area contributed by atoms with Gasteiger partial charge in [-0.15, -0.1) is 0 Å². The van der Waals surface area contributed by atoms with Gasteiger partial charge in [0.1, 0.15) is 5.82 Å². The van der Waals surface area contributed by atoms with E-state index in [4.69, 9.17) is 11.0 Å². The summed E-state index contributed by atoms with van der Waals surface area (Å²) in [6, 6.07) is 5.79. The van der Waals surface area contributed by atoms with Crippen LogP contribution in [0.2, 0.25) is 0 Å². The van der Waals surface area contributed by atoms with Crippen molar-refractivity contribution in [1.82, 2.24) is 0 Å². The van der Waals surface area contributed by atoms with Crippen molar-refractivity contribution < 1.29 is 9.18 Å². The highest BCUT2D eigenvalue weighted by Gasteiger charge is 2.29. The minimum absolute atomic E-state index is 0.0741. The standard InChI is InChI=1S/C12H12FN3O/c13-10-1-8(5-14)2-11(4-10)16-7-9(6-15)3-12(16)17/h1-2,4,9H,3,6-7,15H2. The first-order valence-corrected chi connectivity index (χ1v) is 5.35. The summed E-state index contributed by atoms with van der Waals surface area (Å²) in [4.78, 5) is 13.2. The van der Waals surface area contributed by atoms with Gasteiger partial charge in [0.2, 0.25) is 5.91 Å². The summed E-state index contributed by atoms with van der Waals surface area (Å²) < 4.78 is 13.3. The van der Waals surface area contributed by atoms with E-state index in [0.29, 0.717) is 25.2 Å². The number of amides is 1. The van der Waals surface area contributed by atoms with Gasteiger partial charge in [0.25, 0.3) is 0 Å². The zero-order valence-corrected chi connectivity index (χ0v) is 9.19. The van der Waals surface area contributed by atoms with Crippen LogP contribution in [0.1, 0.15) is 12.0 Å². The van der Waals surface area contributed by atoms with E-state index in [1.165, 1.54) is 17.0 Å². The number of carbonyl (C=O) groups is 1. The molecule has 0 bridgehead atoms. The Morgan fingerprint density at radius 1 is 1.53 bits per heavy atom. The summed E-state index contributed by atoms with van der Waals surface area (Å²) in [6.07, 6.45) is 0.384. The molecular weight excluding hydrogens is 221 g/mol. The van der Waals surface area contributed by atoms with Crippen molar-refractivity contribution >= 4 is 11.6 Å². The lowest BCUT2D eigenvalue weighted by Gasteiger charge is -2.16. The van der Waals surface area contributed by atoms with Crippen molar-refractivity contribution in [2.75, 3.05) is 18.0 Å². The molecule has 0 saturated carbocycles. The van der Waals surface area contributed by atoms with Gasteiger partial charge in [-0.3, -0.25) is 4.79 Å². The first-order chi connectivity index (χ1) is 8.13. The number of nitriles is 1. The highest BCUT2D eigenvalue weighted by atomic mass is 19.1. The average Bonchev–Trinajstić information content (AvgIpc) is 2.69. The molecule has 1 aromatic rings. The Bertz CT molecular complexity index is 495. The van der Waals surface area contributed by atoms with Gasteiger partial charge in [-0.1, -0.05) is 0 Å². The summed E-state index contributed by atoms with van der Waals surface area (Å²) in [5.74, 6) is -0.478. The maximum Gasteiger partial charge on any atom is 0.227 e. The number of benzene rings is 1. The highest BCUT2D eigenvalue weighted by molar-refractivity contribution is 5.95. The molecule has 2 N–H and O–H groups in total. The van der Waals surface area contributed by atoms with Gasteiger partial charge in [-0.05, 0) is 30.7 Å². The second-order valence-corrected chi connectivity index (χ2v) is 4.12. The minimum atomic E-state index is -0.511. The van der Waals surface area contributed by atoms with Crippen molar-refractivity contribution in [1.29, 1.82) is 5.26 Å². The van der Waals surface area contributed by atoms with E-state index < -0.39 is 5.82 Å². The number of hydrogen-bond donors (Lipinski definition) is 1. The molecule has 0 aliphatic carbocycles. The summed E-state index contributed by atoms with van der Waals surface area (Å²) in [5, 5.41) is 8.75. The molecule has 1 amide bonds. The van der Waals surface area contributed by atoms with Gasteiger partial charge in [0.15, 0.2) is 0 Å². The predicted octanol–water partition coefficient (Wildman–Crippen LogP) is 1.01. The van der Waals surface area contributed by atoms with E-state index in [1.807, 2.05) is 6.07 Å². The fourth-order valence-corrected chi connectivity index (χ4v) is 1.98. The average molecular weight is 233 g/mol. The van der Waals surface area contributed by atoms with Crippen molar-refractivity contribution in [2.45, 2.75) is 6.42 Å². The molecule has 1 heterocycles. The Balaban J connectivity index is 2.32. The van der Waals surface area contributed by atoms with Crippen molar-refractivity contribution in [2.24, 2.45) is 11.7 Å². The van der Waals surface area contributed by atoms with E-state index in [-0.39, 0.29) is 17.4 Å². The van der Waals surface area contributed by atoms with Gasteiger partial charge in [-0.25, -0.2) is 4.39 Å². The van der Waals surface area contributed by atoms with Gasteiger partial charge in [0.05, 0.1) is 11.6 Å². The van der Waals surface area contributed by atoms with Crippen LogP contribution in [0.15, 0.2) is 18.2 Å². The van der Waals surface area contributed by atoms with Gasteiger partial charge >= 0.3 is 0 Å². The van der Waals surface area contributed by atoms with Crippen LogP contribution in [0.4, 0.5) is 10.1 Å². The molecule has 0 spiro atoms. The molecular formula is C12H12FN3O. The van der Waals surface area contributed by atoms with Crippen LogP contribution in [-0.2, 0) is 4.79 Å². The van der Waals surface area contributed by atoms with Crippen molar-refractivity contribution in [3.8, 4) is 6.07 Å². The third kappa shape index (κ3) is 2.27. The Kier molecular flexibility index (Phi) is 3.07. The van der Waals surface area contributed by atoms with Crippen LogP contribution < -0.4 is 10.6 Å². The predicted molar refractivity (Wildman–Crippen MR) is 60.6 cm³/mol. The van der Waals surface area contributed by atoms with Crippen LogP contribution in [0.25, 0.3) is 0 Å². The first-order valence-electron chi connectivity index (χ1n) is 5.35. The lowest BCUT2D eigenvalue weighted by atomic mass is 10.1. The number of nitrogens with two attached hydrogens (primary N) is 1. The Hall–Kier alpha value is -1.93. The third-order valence-electron chi connectivity index (χ3n) is 2.86. The number of halogens is 1. The molecule has 5 heteroatoms. The van der Waals surface area contributed by atoms with Crippen molar-refractivity contribution in [3.63, 3.8) is 0 Å². The van der Waals surface area contributed by atoms with E-state index in [0.717, 1.165) is 6.07 Å². The first kappa shape index (κ1) is 11.6. The quantitative estimate of drug-likeness (QED) is 0.828. The molecule has 0 radical (unpaired) electrons. The topological polar surface area (TPSA) is 70.1 Å². The number of carbonyl (C=O) groups excluding carboxylic acids is 1. The van der Waals surface area contributed by atoms with E-state index in [9.17, 15) is 9.18 Å². The molecule has 88 valence electrons. The lowest BCUT2D eigenvalue weighted by molar-refractivity contribution is -0.117. The third-order valence-corrected chi connectivity index (χ3v) is 2.86. The van der Waals surface area contributed by atoms with Gasteiger partial charge in [-0.2, -0.15) is 5.26 Å². The Labute approximate surface area is 98.4 Å². The van der Waals surface area contributed by atoms with Crippen LogP contribution >= 0.6 is 0 Å². The number of anilines is 1. The molecule has 0 aromatic heterocycles. The van der Waals surface area contributed by atoms with Crippen molar-refractivity contribution in [3.05, 3.63) is 29.6 Å². The summed E-state index contributed by atoms with van der Waals surface area (Å²) in [5.41, 5.74) is 6.16. The van der Waals surface area contributed by atoms with E-state index in [2.05, 4.69) is 0 Å². The Morgan fingerprint density at radius 2 is 2.29 bits per heavy atom. The molecule has 1 atom stereocenters. The second kappa shape index (κ2) is 4.52. The summed E-state index contributed by atoms with van der Waals surface area (Å²) >= 11 is 0. The second-order valence-electron chi connectivity index (χ2n) is 4.12. The van der Waals surface area contributed by atoms with Crippen LogP contribution in [-0.4, -0.2) is 19.0 Å². The summed E-state index contributed by atoms with van der Waals surface area (Å²) in [6.45, 7) is 0.923. The molecule has 17 heavy (non-hydrogen) atoms. The van der Waals surface area contributed by atoms with Crippen LogP contribution in [0.3, 0.4) is 0 Å². The maximum atomic E-state index is 13.3. The fraction of sp³-hybridized carbons (Fsp3) is 0.333. The zero-order chi connectivity index (χ0) is 12.4. The smallest absolute Gasteiger partial charge is 0.227 e. The molecule has 1 aliphatic rings. The molecule has 4 nitrogen and oxygen atoms in total. The molecule has 1 aromatic carbocycles. The largest absolute Gasteiger partial charge is 0.330 e. The molecule has 1 fully saturated rings. The Morgan fingerprint density at radius 3 is 2.88 bits per heavy atom. The lowest BCUT2D eigenvalue weighted by Crippen LogP contribution is -2.25. The number of hydrogen-bond acceptors (Lipinski definition) is 3. The normalized spacial score (nSPS) is 19.5. The monoisotopic (exact) mass is 233 g/mol. The van der Waals surface area contributed by atoms with E-state index in [1.54, 1.807) is 0 Å². The van der Waals surface area contributed by atoms with Gasteiger partial charge in [0, 0.05) is 18.7 Å². The highest BCUT2D eigenvalue weighted by Crippen LogP contribution is 2.26. The molecule has 1 unspecified atom stereocenters.